The number of hydrogen-bond acceptors (Lipinski definition) is 5. The Bertz CT molecular complexity index is 978. The highest BCUT2D eigenvalue weighted by molar-refractivity contribution is 7.65. The lowest BCUT2D eigenvalue weighted by atomic mass is 9.91. The monoisotopic (exact) mass is 564 g/mol. The molecule has 1 unspecified atom stereocenters. The maximum Gasteiger partial charge on any atom is 0.286 e. The Hall–Kier alpha value is -1.95. The zero-order valence-electron chi connectivity index (χ0n) is 25.2. The number of rotatable bonds is 6. The molecule has 4 rings (SSSR count). The topological polar surface area (TPSA) is 71.2 Å². The van der Waals surface area contributed by atoms with Crippen LogP contribution in [0, 0.1) is 5.92 Å². The first-order valence-electron chi connectivity index (χ1n) is 14.3. The van der Waals surface area contributed by atoms with Crippen LogP contribution in [-0.2, 0) is 18.9 Å². The summed E-state index contributed by atoms with van der Waals surface area (Å²) in [5.74, 6) is -1.95. The van der Waals surface area contributed by atoms with Crippen molar-refractivity contribution < 1.29 is 13.6 Å². The van der Waals surface area contributed by atoms with E-state index in [0.29, 0.717) is 6.29 Å². The highest BCUT2D eigenvalue weighted by Gasteiger charge is 2.26. The van der Waals surface area contributed by atoms with Gasteiger partial charge in [-0.15, -0.1) is 0 Å². The van der Waals surface area contributed by atoms with Crippen LogP contribution in [0.4, 0.5) is 14.5 Å². The molecule has 1 aliphatic heterocycles. The number of nitrogens with zero attached hydrogens (tertiary/aromatic N) is 2. The molecule has 3 N–H and O–H groups in total. The van der Waals surface area contributed by atoms with Gasteiger partial charge in [0.05, 0.1) is 0 Å². The fraction of sp³-hybridized carbons (Fsp3) is 0.613. The minimum Gasteiger partial charge on any atom is -0.388 e. The molecule has 1 saturated carbocycles. The molecule has 0 bridgehead atoms. The van der Waals surface area contributed by atoms with E-state index in [4.69, 9.17) is 5.73 Å². The fourth-order valence-corrected chi connectivity index (χ4v) is 6.23. The standard InChI is InChI=1S/C14H24N3P.C8H7F2NO.C7H14.C2H6/c1-16-13-8-12-10-17(2)6-4-11(12)9-14(13)18(3)7-5-15;1-8(9,10)7-4-2-3-6(5-12)11-7;1-7-5-3-2-4-6-7;1-2/h8-9,16H,4-7,10,15H2,1-3H3;2-5H,1H3;7H,2-6H2,1H3;1-2H3. The first kappa shape index (κ1) is 35.1. The quantitative estimate of drug-likeness (QED) is 0.291. The van der Waals surface area contributed by atoms with E-state index >= 15 is 0 Å². The number of carbonyl (C=O) groups excluding carboxylic acids is 1. The maximum absolute atomic E-state index is 12.6. The van der Waals surface area contributed by atoms with Crippen LogP contribution in [0.3, 0.4) is 0 Å². The van der Waals surface area contributed by atoms with Crippen molar-refractivity contribution in [3.05, 3.63) is 52.8 Å². The minimum atomic E-state index is -2.99. The van der Waals surface area contributed by atoms with Gasteiger partial charge in [-0.25, -0.2) is 4.98 Å². The van der Waals surface area contributed by atoms with Crippen LogP contribution in [0.25, 0.3) is 0 Å². The third-order valence-corrected chi connectivity index (χ3v) is 9.02. The normalized spacial score (nSPS) is 16.2. The molecule has 39 heavy (non-hydrogen) atoms. The molecule has 2 aromatic rings. The van der Waals surface area contributed by atoms with E-state index in [2.05, 4.69) is 48.0 Å². The summed E-state index contributed by atoms with van der Waals surface area (Å²) >= 11 is 0. The molecule has 0 saturated heterocycles. The van der Waals surface area contributed by atoms with Crippen molar-refractivity contribution in [2.75, 3.05) is 45.3 Å². The second kappa shape index (κ2) is 18.4. The van der Waals surface area contributed by atoms with Crippen LogP contribution in [0.5, 0.6) is 0 Å². The molecule has 0 radical (unpaired) electrons. The summed E-state index contributed by atoms with van der Waals surface area (Å²) in [6.45, 7) is 12.5. The van der Waals surface area contributed by atoms with Gasteiger partial charge in [-0.3, -0.25) is 4.79 Å². The number of benzene rings is 1. The number of pyridine rings is 1. The van der Waals surface area contributed by atoms with Crippen LogP contribution in [0.2, 0.25) is 0 Å². The summed E-state index contributed by atoms with van der Waals surface area (Å²) in [6, 6.07) is 8.71. The molecule has 1 aliphatic carbocycles. The van der Waals surface area contributed by atoms with Gasteiger partial charge in [0.1, 0.15) is 11.4 Å². The van der Waals surface area contributed by atoms with Gasteiger partial charge in [-0.2, -0.15) is 8.78 Å². The van der Waals surface area contributed by atoms with Crippen molar-refractivity contribution in [1.82, 2.24) is 9.88 Å². The smallest absolute Gasteiger partial charge is 0.286 e. The Morgan fingerprint density at radius 1 is 1.18 bits per heavy atom. The van der Waals surface area contributed by atoms with Crippen molar-refractivity contribution in [3.63, 3.8) is 0 Å². The van der Waals surface area contributed by atoms with Gasteiger partial charge in [0.2, 0.25) is 0 Å². The van der Waals surface area contributed by atoms with E-state index in [1.807, 2.05) is 20.9 Å². The number of likely N-dealkylation sites (N-methyl/N-ethyl adjacent to an activating group) is 1. The molecule has 220 valence electrons. The number of nitrogens with two attached hydrogens (primary N) is 1. The number of hydrogen-bond donors (Lipinski definition) is 2. The summed E-state index contributed by atoms with van der Waals surface area (Å²) in [5, 5.41) is 4.84. The van der Waals surface area contributed by atoms with Gasteiger partial charge in [0, 0.05) is 32.7 Å². The van der Waals surface area contributed by atoms with Gasteiger partial charge in [-0.1, -0.05) is 66.9 Å². The van der Waals surface area contributed by atoms with Gasteiger partial charge in [0.15, 0.2) is 6.29 Å². The minimum absolute atomic E-state index is 0.0222. The Kier molecular flexibility index (Phi) is 16.6. The SMILES string of the molecule is CC.CC(F)(F)c1cccc(C=O)n1.CC1CCCCC1.CNc1cc2c(cc1P(C)CCN)CCN(C)C2. The van der Waals surface area contributed by atoms with E-state index in [0.717, 1.165) is 32.1 Å². The fourth-order valence-electron chi connectivity index (χ4n) is 4.64. The number of fused-ring (bicyclic) bond motifs is 1. The number of aromatic nitrogens is 1. The lowest BCUT2D eigenvalue weighted by molar-refractivity contribution is 0.0127. The first-order chi connectivity index (χ1) is 18.6. The second-order valence-electron chi connectivity index (χ2n) is 10.3. The zero-order chi connectivity index (χ0) is 29.4. The van der Waals surface area contributed by atoms with Gasteiger partial charge < -0.3 is 16.0 Å². The highest BCUT2D eigenvalue weighted by atomic mass is 31.1. The van der Waals surface area contributed by atoms with Crippen molar-refractivity contribution >= 4 is 25.2 Å². The lowest BCUT2D eigenvalue weighted by Crippen LogP contribution is -2.28. The maximum atomic E-state index is 12.6. The summed E-state index contributed by atoms with van der Waals surface area (Å²) in [7, 11) is 4.08. The molecule has 5 nitrogen and oxygen atoms in total. The third kappa shape index (κ3) is 12.4. The Morgan fingerprint density at radius 3 is 2.36 bits per heavy atom. The van der Waals surface area contributed by atoms with E-state index in [1.165, 1.54) is 85.4 Å². The van der Waals surface area contributed by atoms with E-state index in [1.54, 1.807) is 0 Å². The summed E-state index contributed by atoms with van der Waals surface area (Å²) in [6.07, 6.45) is 10.2. The largest absolute Gasteiger partial charge is 0.388 e. The molecule has 8 heteroatoms. The summed E-state index contributed by atoms with van der Waals surface area (Å²) in [5.41, 5.74) is 9.66. The van der Waals surface area contributed by atoms with E-state index in [9.17, 15) is 13.6 Å². The molecule has 2 heterocycles. The predicted molar refractivity (Wildman–Crippen MR) is 165 cm³/mol. The molecule has 0 amide bonds. The third-order valence-electron chi connectivity index (χ3n) is 6.90. The molecule has 1 atom stereocenters. The number of nitrogens with one attached hydrogen (secondary N) is 1. The van der Waals surface area contributed by atoms with Gasteiger partial charge >= 0.3 is 0 Å². The number of anilines is 1. The number of carbonyl (C=O) groups is 1. The highest BCUT2D eigenvalue weighted by Crippen LogP contribution is 2.34. The number of halogens is 2. The van der Waals surface area contributed by atoms with Crippen LogP contribution < -0.4 is 16.4 Å². The molecule has 1 fully saturated rings. The second-order valence-corrected chi connectivity index (χ2v) is 12.6. The first-order valence-corrected chi connectivity index (χ1v) is 16.3. The lowest BCUT2D eigenvalue weighted by Gasteiger charge is -2.27. The van der Waals surface area contributed by atoms with Crippen LogP contribution >= 0.6 is 7.92 Å². The van der Waals surface area contributed by atoms with Crippen LogP contribution in [-0.4, -0.2) is 56.2 Å². The average molecular weight is 565 g/mol. The molecule has 1 aromatic carbocycles. The molecule has 2 aliphatic rings. The summed E-state index contributed by atoms with van der Waals surface area (Å²) in [4.78, 5) is 16.0. The van der Waals surface area contributed by atoms with Crippen LogP contribution in [0.15, 0.2) is 30.3 Å². The van der Waals surface area contributed by atoms with Crippen molar-refractivity contribution in [3.8, 4) is 0 Å². The van der Waals surface area contributed by atoms with Gasteiger partial charge in [0.25, 0.3) is 5.92 Å². The zero-order valence-corrected chi connectivity index (χ0v) is 26.1. The molecule has 0 spiro atoms. The Labute approximate surface area is 237 Å². The van der Waals surface area contributed by atoms with Crippen molar-refractivity contribution in [1.29, 1.82) is 0 Å². The number of aldehydes is 1. The predicted octanol–water partition coefficient (Wildman–Crippen LogP) is 7.03. The Morgan fingerprint density at radius 2 is 1.85 bits per heavy atom. The molecular formula is C31H51F2N4OP. The van der Waals surface area contributed by atoms with Crippen LogP contribution in [0.1, 0.15) is 87.1 Å². The Balaban J connectivity index is 0.000000311. The van der Waals surface area contributed by atoms with Gasteiger partial charge in [-0.05, 0) is 79.5 Å². The van der Waals surface area contributed by atoms with Crippen molar-refractivity contribution in [2.24, 2.45) is 11.7 Å². The summed E-state index contributed by atoms with van der Waals surface area (Å²) < 4.78 is 25.2. The molecule has 1 aromatic heterocycles. The van der Waals surface area contributed by atoms with E-state index in [-0.39, 0.29) is 19.3 Å². The van der Waals surface area contributed by atoms with Crippen molar-refractivity contribution in [2.45, 2.75) is 78.7 Å². The average Bonchev–Trinajstić information content (AvgIpc) is 2.94. The number of alkyl halides is 2. The van der Waals surface area contributed by atoms with E-state index < -0.39 is 5.92 Å². The molecular weight excluding hydrogens is 513 g/mol.